The molecule has 0 saturated carbocycles. The Balaban J connectivity index is 2.27. The summed E-state index contributed by atoms with van der Waals surface area (Å²) in [6.07, 6.45) is 0.891. The molecule has 0 radical (unpaired) electrons. The van der Waals surface area contributed by atoms with E-state index >= 15 is 0 Å². The van der Waals surface area contributed by atoms with Crippen LogP contribution in [0.3, 0.4) is 0 Å². The zero-order valence-corrected chi connectivity index (χ0v) is 15.4. The fraction of sp³-hybridized carbons (Fsp3) is 0.294. The predicted octanol–water partition coefficient (Wildman–Crippen LogP) is 2.41. The number of hydrogen-bond acceptors (Lipinski definition) is 5. The van der Waals surface area contributed by atoms with E-state index in [4.69, 9.17) is 0 Å². The number of nitrogens with one attached hydrogen (secondary N) is 1. The Kier molecular flexibility index (Phi) is 6.22. The van der Waals surface area contributed by atoms with Crippen LogP contribution in [0.4, 0.5) is 13.2 Å². The van der Waals surface area contributed by atoms with E-state index in [2.05, 4.69) is 10.3 Å². The molecule has 6 nitrogen and oxygen atoms in total. The zero-order valence-electron chi connectivity index (χ0n) is 14.6. The van der Waals surface area contributed by atoms with Crippen molar-refractivity contribution in [2.75, 3.05) is 20.6 Å². The van der Waals surface area contributed by atoms with Crippen LogP contribution in [-0.4, -0.2) is 50.4 Å². The Hall–Kier alpha value is -2.46. The SMILES string of the molecule is CN(C)C(CNC(=O)c1cccnc1S(=O)(=O)C(F)(F)F)c1ccccc1. The van der Waals surface area contributed by atoms with Gasteiger partial charge in [0.25, 0.3) is 15.7 Å². The monoisotopic (exact) mass is 401 g/mol. The summed E-state index contributed by atoms with van der Waals surface area (Å²) < 4.78 is 61.9. The van der Waals surface area contributed by atoms with Crippen molar-refractivity contribution in [1.82, 2.24) is 15.2 Å². The number of pyridine rings is 1. The normalized spacial score (nSPS) is 13.4. The third kappa shape index (κ3) is 4.64. The third-order valence-corrected chi connectivity index (χ3v) is 5.28. The lowest BCUT2D eigenvalue weighted by molar-refractivity contribution is -0.0438. The molecule has 2 rings (SSSR count). The molecule has 0 bridgehead atoms. The molecule has 1 heterocycles. The molecule has 1 amide bonds. The van der Waals surface area contributed by atoms with Gasteiger partial charge in [-0.25, -0.2) is 13.4 Å². The topological polar surface area (TPSA) is 79.4 Å². The Morgan fingerprint density at radius 2 is 1.78 bits per heavy atom. The van der Waals surface area contributed by atoms with Crippen molar-refractivity contribution in [3.63, 3.8) is 0 Å². The largest absolute Gasteiger partial charge is 0.503 e. The van der Waals surface area contributed by atoms with Crippen molar-refractivity contribution in [1.29, 1.82) is 0 Å². The van der Waals surface area contributed by atoms with Gasteiger partial charge in [-0.1, -0.05) is 30.3 Å². The number of rotatable bonds is 6. The fourth-order valence-corrected chi connectivity index (χ4v) is 3.31. The molecule has 1 aromatic heterocycles. The third-order valence-electron chi connectivity index (χ3n) is 3.84. The maximum absolute atomic E-state index is 12.8. The van der Waals surface area contributed by atoms with Gasteiger partial charge in [0.05, 0.1) is 11.6 Å². The lowest BCUT2D eigenvalue weighted by atomic mass is 10.1. The zero-order chi connectivity index (χ0) is 20.2. The number of aromatic nitrogens is 1. The molecule has 0 aliphatic carbocycles. The summed E-state index contributed by atoms with van der Waals surface area (Å²) in [6.45, 7) is 0.0657. The molecule has 0 spiro atoms. The van der Waals surface area contributed by atoms with Gasteiger partial charge >= 0.3 is 5.51 Å². The highest BCUT2D eigenvalue weighted by molar-refractivity contribution is 7.92. The highest BCUT2D eigenvalue weighted by Crippen LogP contribution is 2.30. The van der Waals surface area contributed by atoms with Gasteiger partial charge in [0, 0.05) is 12.7 Å². The van der Waals surface area contributed by atoms with Crippen LogP contribution in [0.5, 0.6) is 0 Å². The Bertz CT molecular complexity index is 900. The molecule has 1 atom stereocenters. The second-order valence-corrected chi connectivity index (χ2v) is 7.76. The molecule has 0 aliphatic heterocycles. The van der Waals surface area contributed by atoms with Gasteiger partial charge in [-0.2, -0.15) is 13.2 Å². The van der Waals surface area contributed by atoms with Crippen molar-refractivity contribution < 1.29 is 26.4 Å². The number of carbonyl (C=O) groups is 1. The van der Waals surface area contributed by atoms with Crippen LogP contribution in [-0.2, 0) is 9.84 Å². The fourth-order valence-electron chi connectivity index (χ4n) is 2.45. The van der Waals surface area contributed by atoms with E-state index in [0.29, 0.717) is 0 Å². The molecule has 0 aliphatic rings. The van der Waals surface area contributed by atoms with Crippen LogP contribution in [0.15, 0.2) is 53.7 Å². The molecule has 146 valence electrons. The van der Waals surface area contributed by atoms with E-state index in [1.807, 2.05) is 35.2 Å². The quantitative estimate of drug-likeness (QED) is 0.804. The minimum Gasteiger partial charge on any atom is -0.350 e. The first-order chi connectivity index (χ1) is 12.6. The van der Waals surface area contributed by atoms with Crippen LogP contribution in [0.1, 0.15) is 22.0 Å². The summed E-state index contributed by atoms with van der Waals surface area (Å²) >= 11 is 0. The standard InChI is InChI=1S/C17H18F3N3O3S/c1-23(2)14(12-7-4-3-5-8-12)11-22-15(24)13-9-6-10-21-16(13)27(25,26)17(18,19)20/h3-10,14H,11H2,1-2H3,(H,22,24). The van der Waals surface area contributed by atoms with Crippen molar-refractivity contribution in [3.05, 3.63) is 59.8 Å². The van der Waals surface area contributed by atoms with E-state index in [9.17, 15) is 26.4 Å². The van der Waals surface area contributed by atoms with Gasteiger partial charge in [-0.05, 0) is 31.8 Å². The average Bonchev–Trinajstić information content (AvgIpc) is 2.61. The van der Waals surface area contributed by atoms with Gasteiger partial charge in [0.15, 0.2) is 5.03 Å². The van der Waals surface area contributed by atoms with Crippen LogP contribution < -0.4 is 5.32 Å². The Labute approximate surface area is 154 Å². The van der Waals surface area contributed by atoms with Crippen LogP contribution >= 0.6 is 0 Å². The van der Waals surface area contributed by atoms with Gasteiger partial charge in [0.2, 0.25) is 0 Å². The smallest absolute Gasteiger partial charge is 0.350 e. The molecule has 0 saturated heterocycles. The number of likely N-dealkylation sites (N-methyl/N-ethyl adjacent to an activating group) is 1. The highest BCUT2D eigenvalue weighted by Gasteiger charge is 2.49. The molecule has 1 N–H and O–H groups in total. The second kappa shape index (κ2) is 8.05. The molecule has 2 aromatic rings. The van der Waals surface area contributed by atoms with Crippen LogP contribution in [0, 0.1) is 0 Å². The van der Waals surface area contributed by atoms with Crippen molar-refractivity contribution in [3.8, 4) is 0 Å². The molecular weight excluding hydrogens is 383 g/mol. The summed E-state index contributed by atoms with van der Waals surface area (Å²) in [7, 11) is -2.17. The number of hydrogen-bond donors (Lipinski definition) is 1. The van der Waals surface area contributed by atoms with Gasteiger partial charge in [-0.15, -0.1) is 0 Å². The van der Waals surface area contributed by atoms with E-state index in [1.54, 1.807) is 14.1 Å². The van der Waals surface area contributed by atoms with Gasteiger partial charge in [-0.3, -0.25) is 4.79 Å². The summed E-state index contributed by atoms with van der Waals surface area (Å²) in [4.78, 5) is 17.5. The lowest BCUT2D eigenvalue weighted by Crippen LogP contribution is -2.36. The second-order valence-electron chi connectivity index (χ2n) is 5.91. The lowest BCUT2D eigenvalue weighted by Gasteiger charge is -2.25. The highest BCUT2D eigenvalue weighted by atomic mass is 32.2. The molecular formula is C17H18F3N3O3S. The number of carbonyl (C=O) groups excluding carboxylic acids is 1. The van der Waals surface area contributed by atoms with Crippen molar-refractivity contribution >= 4 is 15.7 Å². The number of nitrogens with zero attached hydrogens (tertiary/aromatic N) is 2. The number of benzene rings is 1. The molecule has 1 aromatic carbocycles. The first-order valence-electron chi connectivity index (χ1n) is 7.81. The average molecular weight is 401 g/mol. The summed E-state index contributed by atoms with van der Waals surface area (Å²) in [5, 5.41) is 1.18. The molecule has 10 heteroatoms. The maximum Gasteiger partial charge on any atom is 0.503 e. The minimum absolute atomic E-state index is 0.0657. The summed E-state index contributed by atoms with van der Waals surface area (Å²) in [5.74, 6) is -0.950. The van der Waals surface area contributed by atoms with Crippen LogP contribution in [0.2, 0.25) is 0 Å². The molecule has 1 unspecified atom stereocenters. The minimum atomic E-state index is -5.74. The number of sulfone groups is 1. The van der Waals surface area contributed by atoms with Gasteiger partial charge < -0.3 is 10.2 Å². The predicted molar refractivity (Wildman–Crippen MR) is 92.7 cm³/mol. The van der Waals surface area contributed by atoms with E-state index < -0.39 is 31.8 Å². The maximum atomic E-state index is 12.8. The van der Waals surface area contributed by atoms with E-state index in [0.717, 1.165) is 17.8 Å². The number of alkyl halides is 3. The number of halogens is 3. The first-order valence-corrected chi connectivity index (χ1v) is 9.30. The van der Waals surface area contributed by atoms with Crippen LogP contribution in [0.25, 0.3) is 0 Å². The molecule has 27 heavy (non-hydrogen) atoms. The Morgan fingerprint density at radius 3 is 2.33 bits per heavy atom. The molecule has 0 fully saturated rings. The first kappa shape index (κ1) is 20.8. The number of amides is 1. The summed E-state index contributed by atoms with van der Waals surface area (Å²) in [5.41, 5.74) is -5.32. The van der Waals surface area contributed by atoms with Crippen molar-refractivity contribution in [2.24, 2.45) is 0 Å². The summed E-state index contributed by atoms with van der Waals surface area (Å²) in [6, 6.07) is 11.1. The van der Waals surface area contributed by atoms with Gasteiger partial charge in [0.1, 0.15) is 0 Å². The van der Waals surface area contributed by atoms with E-state index in [-0.39, 0.29) is 12.6 Å². The van der Waals surface area contributed by atoms with Crippen molar-refractivity contribution in [2.45, 2.75) is 16.6 Å². The Morgan fingerprint density at radius 1 is 1.15 bits per heavy atom. The van der Waals surface area contributed by atoms with E-state index in [1.165, 1.54) is 6.07 Å².